The second-order valence-electron chi connectivity index (χ2n) is 7.38. The molecule has 0 atom stereocenters. The van der Waals surface area contributed by atoms with Crippen LogP contribution in [-0.2, 0) is 12.8 Å². The Kier molecular flexibility index (Phi) is 6.70. The van der Waals surface area contributed by atoms with Crippen LogP contribution in [0.2, 0.25) is 0 Å². The molecule has 0 saturated heterocycles. The van der Waals surface area contributed by atoms with Crippen LogP contribution >= 0.6 is 0 Å². The van der Waals surface area contributed by atoms with Gasteiger partial charge in [-0.25, -0.2) is 0 Å². The minimum atomic E-state index is -0.476. The summed E-state index contributed by atoms with van der Waals surface area (Å²) in [7, 11) is 0. The molecule has 2 aromatic carbocycles. The predicted molar refractivity (Wildman–Crippen MR) is 118 cm³/mol. The van der Waals surface area contributed by atoms with Crippen LogP contribution in [0.1, 0.15) is 61.0 Å². The molecule has 0 aliphatic heterocycles. The van der Waals surface area contributed by atoms with E-state index in [4.69, 9.17) is 0 Å². The SMILES string of the molecule is CCCCc1cc(CCCC)c(NC(=O)c2c[nH]c3ccccc3c2=O)cc1O. The number of hydrogen-bond donors (Lipinski definition) is 3. The molecule has 3 rings (SSSR count). The molecule has 152 valence electrons. The van der Waals surface area contributed by atoms with Crippen LogP contribution in [0.5, 0.6) is 5.75 Å². The number of aromatic hydroxyl groups is 1. The van der Waals surface area contributed by atoms with E-state index in [0.717, 1.165) is 49.7 Å². The van der Waals surface area contributed by atoms with Gasteiger partial charge in [-0.2, -0.15) is 0 Å². The van der Waals surface area contributed by atoms with Gasteiger partial charge in [0.25, 0.3) is 5.91 Å². The quantitative estimate of drug-likeness (QED) is 0.494. The maximum absolute atomic E-state index is 12.9. The van der Waals surface area contributed by atoms with Crippen molar-refractivity contribution in [1.82, 2.24) is 4.98 Å². The Morgan fingerprint density at radius 3 is 2.45 bits per heavy atom. The molecule has 0 bridgehead atoms. The summed E-state index contributed by atoms with van der Waals surface area (Å²) in [5, 5.41) is 13.8. The van der Waals surface area contributed by atoms with Gasteiger partial charge in [0.15, 0.2) is 0 Å². The number of rotatable bonds is 8. The topological polar surface area (TPSA) is 82.2 Å². The second-order valence-corrected chi connectivity index (χ2v) is 7.38. The summed E-state index contributed by atoms with van der Waals surface area (Å²) in [6, 6.07) is 10.7. The Labute approximate surface area is 170 Å². The number of hydrogen-bond acceptors (Lipinski definition) is 3. The number of benzene rings is 2. The Balaban J connectivity index is 1.94. The van der Waals surface area contributed by atoms with Crippen molar-refractivity contribution in [3.05, 3.63) is 69.5 Å². The summed E-state index contributed by atoms with van der Waals surface area (Å²) in [4.78, 5) is 28.6. The van der Waals surface area contributed by atoms with E-state index in [0.29, 0.717) is 16.6 Å². The van der Waals surface area contributed by atoms with Crippen LogP contribution in [0.25, 0.3) is 10.9 Å². The van der Waals surface area contributed by atoms with Crippen LogP contribution in [-0.4, -0.2) is 16.0 Å². The minimum absolute atomic E-state index is 0.0553. The highest BCUT2D eigenvalue weighted by atomic mass is 16.3. The Morgan fingerprint density at radius 1 is 1.03 bits per heavy atom. The number of carbonyl (C=O) groups excluding carboxylic acids is 1. The number of nitrogens with one attached hydrogen (secondary N) is 2. The van der Waals surface area contributed by atoms with E-state index in [1.807, 2.05) is 12.1 Å². The van der Waals surface area contributed by atoms with Gasteiger partial charge in [0, 0.05) is 28.9 Å². The number of anilines is 1. The number of fused-ring (bicyclic) bond motifs is 1. The van der Waals surface area contributed by atoms with Crippen LogP contribution in [0.15, 0.2) is 47.4 Å². The zero-order chi connectivity index (χ0) is 20.8. The lowest BCUT2D eigenvalue weighted by Gasteiger charge is -2.15. The summed E-state index contributed by atoms with van der Waals surface area (Å²) in [6.07, 6.45) is 7.12. The molecule has 5 heteroatoms. The monoisotopic (exact) mass is 392 g/mol. The van der Waals surface area contributed by atoms with Crippen LogP contribution < -0.4 is 10.7 Å². The zero-order valence-corrected chi connectivity index (χ0v) is 17.0. The second kappa shape index (κ2) is 9.41. The molecule has 29 heavy (non-hydrogen) atoms. The number of phenols is 1. The maximum atomic E-state index is 12.9. The molecule has 5 nitrogen and oxygen atoms in total. The van der Waals surface area contributed by atoms with Gasteiger partial charge in [-0.15, -0.1) is 0 Å². The molecular weight excluding hydrogens is 364 g/mol. The number of para-hydroxylation sites is 1. The smallest absolute Gasteiger partial charge is 0.261 e. The molecule has 3 N–H and O–H groups in total. The van der Waals surface area contributed by atoms with Crippen molar-refractivity contribution in [2.45, 2.75) is 52.4 Å². The van der Waals surface area contributed by atoms with Gasteiger partial charge in [0.05, 0.1) is 0 Å². The number of carbonyl (C=O) groups is 1. The first-order valence-corrected chi connectivity index (χ1v) is 10.3. The molecule has 3 aromatic rings. The Hall–Kier alpha value is -3.08. The third kappa shape index (κ3) is 4.67. The van der Waals surface area contributed by atoms with Gasteiger partial charge in [-0.1, -0.05) is 44.9 Å². The summed E-state index contributed by atoms with van der Waals surface area (Å²) in [5.41, 5.74) is 2.89. The number of unbranched alkanes of at least 4 members (excludes halogenated alkanes) is 2. The molecule has 0 unspecified atom stereocenters. The van der Waals surface area contributed by atoms with Gasteiger partial charge in [0.2, 0.25) is 5.43 Å². The largest absolute Gasteiger partial charge is 0.508 e. The Bertz CT molecular complexity index is 1070. The van der Waals surface area contributed by atoms with Crippen LogP contribution in [0, 0.1) is 0 Å². The summed E-state index contributed by atoms with van der Waals surface area (Å²) in [5.74, 6) is -0.295. The molecule has 0 fully saturated rings. The number of aryl methyl sites for hydroxylation is 2. The van der Waals surface area contributed by atoms with E-state index in [2.05, 4.69) is 24.1 Å². The molecule has 1 heterocycles. The van der Waals surface area contributed by atoms with E-state index in [1.54, 1.807) is 24.3 Å². The van der Waals surface area contributed by atoms with Gasteiger partial charge in [-0.3, -0.25) is 9.59 Å². The molecule has 0 aliphatic rings. The zero-order valence-electron chi connectivity index (χ0n) is 17.0. The summed E-state index contributed by atoms with van der Waals surface area (Å²) in [6.45, 7) is 4.23. The van der Waals surface area contributed by atoms with Gasteiger partial charge in [-0.05, 0) is 48.9 Å². The number of phenolic OH excluding ortho intramolecular Hbond substituents is 1. The fraction of sp³-hybridized carbons (Fsp3) is 0.333. The van der Waals surface area contributed by atoms with Crippen molar-refractivity contribution in [1.29, 1.82) is 0 Å². The minimum Gasteiger partial charge on any atom is -0.508 e. The lowest BCUT2D eigenvalue weighted by molar-refractivity contribution is 0.102. The van der Waals surface area contributed by atoms with Crippen molar-refractivity contribution < 1.29 is 9.90 Å². The fourth-order valence-corrected chi connectivity index (χ4v) is 3.47. The van der Waals surface area contributed by atoms with Crippen LogP contribution in [0.3, 0.4) is 0 Å². The third-order valence-electron chi connectivity index (χ3n) is 5.18. The fourth-order valence-electron chi connectivity index (χ4n) is 3.47. The molecule has 0 saturated carbocycles. The highest BCUT2D eigenvalue weighted by Gasteiger charge is 2.16. The molecule has 0 spiro atoms. The third-order valence-corrected chi connectivity index (χ3v) is 5.18. The molecule has 1 amide bonds. The number of aromatic amines is 1. The number of amides is 1. The van der Waals surface area contributed by atoms with Crippen molar-refractivity contribution in [3.8, 4) is 5.75 Å². The van der Waals surface area contributed by atoms with Gasteiger partial charge in [0.1, 0.15) is 11.3 Å². The first kappa shape index (κ1) is 20.6. The molecule has 0 radical (unpaired) electrons. The molecule has 1 aromatic heterocycles. The average molecular weight is 392 g/mol. The van der Waals surface area contributed by atoms with Crippen molar-refractivity contribution in [3.63, 3.8) is 0 Å². The van der Waals surface area contributed by atoms with Crippen molar-refractivity contribution >= 4 is 22.5 Å². The van der Waals surface area contributed by atoms with E-state index in [1.165, 1.54) is 6.20 Å². The molecule has 0 aliphatic carbocycles. The van der Waals surface area contributed by atoms with E-state index in [9.17, 15) is 14.7 Å². The summed E-state index contributed by atoms with van der Waals surface area (Å²) >= 11 is 0. The first-order chi connectivity index (χ1) is 14.0. The number of aromatic nitrogens is 1. The van der Waals surface area contributed by atoms with Crippen molar-refractivity contribution in [2.24, 2.45) is 0 Å². The lowest BCUT2D eigenvalue weighted by Crippen LogP contribution is -2.22. The Morgan fingerprint density at radius 2 is 1.72 bits per heavy atom. The van der Waals surface area contributed by atoms with Gasteiger partial charge >= 0.3 is 0 Å². The first-order valence-electron chi connectivity index (χ1n) is 10.3. The van der Waals surface area contributed by atoms with E-state index < -0.39 is 5.91 Å². The van der Waals surface area contributed by atoms with Crippen LogP contribution in [0.4, 0.5) is 5.69 Å². The standard InChI is InChI=1S/C24H28N2O3/c1-3-5-9-16-13-17(10-6-4-2)22(27)14-21(16)26-24(29)19-15-25-20-12-8-7-11-18(20)23(19)28/h7-8,11-15,27H,3-6,9-10H2,1-2H3,(H,25,28)(H,26,29). The molecular formula is C24H28N2O3. The lowest BCUT2D eigenvalue weighted by atomic mass is 9.99. The van der Waals surface area contributed by atoms with E-state index in [-0.39, 0.29) is 16.7 Å². The predicted octanol–water partition coefficient (Wildman–Crippen LogP) is 5.17. The normalized spacial score (nSPS) is 11.0. The highest BCUT2D eigenvalue weighted by Crippen LogP contribution is 2.29. The summed E-state index contributed by atoms with van der Waals surface area (Å²) < 4.78 is 0. The van der Waals surface area contributed by atoms with E-state index >= 15 is 0 Å². The van der Waals surface area contributed by atoms with Crippen molar-refractivity contribution in [2.75, 3.05) is 5.32 Å². The average Bonchev–Trinajstić information content (AvgIpc) is 2.72. The maximum Gasteiger partial charge on any atom is 0.261 e. The van der Waals surface area contributed by atoms with Gasteiger partial charge < -0.3 is 15.4 Å². The number of pyridine rings is 1. The number of H-pyrrole nitrogens is 1. The highest BCUT2D eigenvalue weighted by molar-refractivity contribution is 6.06.